The normalized spacial score (nSPS) is 10.2. The number of para-hydroxylation sites is 1. The van der Waals surface area contributed by atoms with Crippen LogP contribution >= 0.6 is 0 Å². The molecule has 3 N–H and O–H groups in total. The zero-order valence-electron chi connectivity index (χ0n) is 11.0. The lowest BCUT2D eigenvalue weighted by molar-refractivity contribution is 0.328. The van der Waals surface area contributed by atoms with Gasteiger partial charge in [0.25, 0.3) is 0 Å². The summed E-state index contributed by atoms with van der Waals surface area (Å²) < 4.78 is 5.44. The highest BCUT2D eigenvalue weighted by Gasteiger charge is 1.96. The van der Waals surface area contributed by atoms with Gasteiger partial charge < -0.3 is 15.8 Å². The molecule has 19 heavy (non-hydrogen) atoms. The Morgan fingerprint density at radius 1 is 0.947 bits per heavy atom. The molecule has 0 atom stereocenters. The first-order valence-electron chi connectivity index (χ1n) is 6.59. The lowest BCUT2D eigenvalue weighted by Gasteiger charge is -2.08. The Morgan fingerprint density at radius 3 is 2.37 bits per heavy atom. The number of hydrogen-bond donors (Lipinski definition) is 2. The number of hydrogen-bond acceptors (Lipinski definition) is 3. The first-order valence-corrected chi connectivity index (χ1v) is 6.59. The van der Waals surface area contributed by atoms with Crippen LogP contribution in [0.2, 0.25) is 0 Å². The molecule has 0 aliphatic carbocycles. The van der Waals surface area contributed by atoms with Crippen LogP contribution < -0.4 is 15.8 Å². The van der Waals surface area contributed by atoms with Gasteiger partial charge in [0.2, 0.25) is 0 Å². The van der Waals surface area contributed by atoms with Crippen molar-refractivity contribution in [2.24, 2.45) is 5.73 Å². The third kappa shape index (κ3) is 4.64. The first-order chi connectivity index (χ1) is 9.38. The lowest BCUT2D eigenvalue weighted by Crippen LogP contribution is -2.10. The zero-order valence-corrected chi connectivity index (χ0v) is 11.0. The second-order valence-corrected chi connectivity index (χ2v) is 4.32. The molecule has 0 aromatic heterocycles. The fraction of sp³-hybridized carbons (Fsp3) is 0.250. The van der Waals surface area contributed by atoms with E-state index in [4.69, 9.17) is 10.5 Å². The number of anilines is 1. The van der Waals surface area contributed by atoms with E-state index in [0.29, 0.717) is 13.2 Å². The summed E-state index contributed by atoms with van der Waals surface area (Å²) in [6.45, 7) is 2.03. The molecular weight excluding hydrogens is 236 g/mol. The van der Waals surface area contributed by atoms with Gasteiger partial charge in [0, 0.05) is 18.8 Å². The standard InChI is InChI=1S/C16H20N2O/c17-11-13-19-16-8-6-14(7-9-16)10-12-18-15-4-2-1-3-5-15/h1-9,18H,10-13,17H2. The minimum Gasteiger partial charge on any atom is -0.492 e. The van der Waals surface area contributed by atoms with Crippen LogP contribution in [0, 0.1) is 0 Å². The number of rotatable bonds is 7. The largest absolute Gasteiger partial charge is 0.492 e. The van der Waals surface area contributed by atoms with Gasteiger partial charge in [0.05, 0.1) is 0 Å². The maximum Gasteiger partial charge on any atom is 0.119 e. The third-order valence-corrected chi connectivity index (χ3v) is 2.83. The molecule has 0 heterocycles. The van der Waals surface area contributed by atoms with Crippen molar-refractivity contribution in [1.82, 2.24) is 0 Å². The van der Waals surface area contributed by atoms with Crippen molar-refractivity contribution in [3.8, 4) is 5.75 Å². The summed E-state index contributed by atoms with van der Waals surface area (Å²) in [6, 6.07) is 18.4. The van der Waals surface area contributed by atoms with Crippen molar-refractivity contribution in [2.75, 3.05) is 25.0 Å². The van der Waals surface area contributed by atoms with Crippen LogP contribution in [0.5, 0.6) is 5.75 Å². The number of nitrogens with two attached hydrogens (primary N) is 1. The molecule has 0 aliphatic heterocycles. The molecule has 2 rings (SSSR count). The van der Waals surface area contributed by atoms with Gasteiger partial charge in [-0.25, -0.2) is 0 Å². The summed E-state index contributed by atoms with van der Waals surface area (Å²) in [4.78, 5) is 0. The van der Waals surface area contributed by atoms with E-state index in [0.717, 1.165) is 24.4 Å². The summed E-state index contributed by atoms with van der Waals surface area (Å²) in [5, 5.41) is 3.39. The molecule has 0 saturated carbocycles. The smallest absolute Gasteiger partial charge is 0.119 e. The Balaban J connectivity index is 1.77. The zero-order chi connectivity index (χ0) is 13.3. The maximum atomic E-state index is 5.44. The Bertz CT molecular complexity index is 468. The maximum absolute atomic E-state index is 5.44. The van der Waals surface area contributed by atoms with Gasteiger partial charge in [0.1, 0.15) is 12.4 Å². The minimum atomic E-state index is 0.544. The van der Waals surface area contributed by atoms with Crippen molar-refractivity contribution < 1.29 is 4.74 Å². The van der Waals surface area contributed by atoms with Gasteiger partial charge >= 0.3 is 0 Å². The van der Waals surface area contributed by atoms with Crippen molar-refractivity contribution in [3.05, 3.63) is 60.2 Å². The predicted molar refractivity (Wildman–Crippen MR) is 79.6 cm³/mol. The van der Waals surface area contributed by atoms with Gasteiger partial charge in [-0.1, -0.05) is 30.3 Å². The average Bonchev–Trinajstić information content (AvgIpc) is 2.47. The van der Waals surface area contributed by atoms with Crippen molar-refractivity contribution in [2.45, 2.75) is 6.42 Å². The molecule has 0 radical (unpaired) electrons. The molecule has 0 spiro atoms. The van der Waals surface area contributed by atoms with Crippen LogP contribution in [0.4, 0.5) is 5.69 Å². The summed E-state index contributed by atoms with van der Waals surface area (Å²) >= 11 is 0. The SMILES string of the molecule is NCCOc1ccc(CCNc2ccccc2)cc1. The van der Waals surface area contributed by atoms with E-state index in [2.05, 4.69) is 29.6 Å². The molecule has 3 nitrogen and oxygen atoms in total. The van der Waals surface area contributed by atoms with Crippen LogP contribution in [-0.4, -0.2) is 19.7 Å². The molecule has 0 bridgehead atoms. The van der Waals surface area contributed by atoms with E-state index in [9.17, 15) is 0 Å². The van der Waals surface area contributed by atoms with Gasteiger partial charge in [-0.05, 0) is 36.2 Å². The summed E-state index contributed by atoms with van der Waals surface area (Å²) in [7, 11) is 0. The van der Waals surface area contributed by atoms with E-state index < -0.39 is 0 Å². The topological polar surface area (TPSA) is 47.3 Å². The summed E-state index contributed by atoms with van der Waals surface area (Å²) in [6.07, 6.45) is 0.992. The van der Waals surface area contributed by atoms with Gasteiger partial charge in [-0.15, -0.1) is 0 Å². The molecule has 2 aromatic rings. The number of benzene rings is 2. The Labute approximate surface area is 114 Å². The van der Waals surface area contributed by atoms with E-state index in [1.54, 1.807) is 0 Å². The summed E-state index contributed by atoms with van der Waals surface area (Å²) in [5.74, 6) is 0.880. The molecule has 0 saturated heterocycles. The van der Waals surface area contributed by atoms with E-state index in [1.165, 1.54) is 5.56 Å². The van der Waals surface area contributed by atoms with Gasteiger partial charge in [-0.2, -0.15) is 0 Å². The molecule has 3 heteroatoms. The third-order valence-electron chi connectivity index (χ3n) is 2.83. The lowest BCUT2D eigenvalue weighted by atomic mass is 10.1. The van der Waals surface area contributed by atoms with Crippen LogP contribution in [-0.2, 0) is 6.42 Å². The molecule has 0 unspecified atom stereocenters. The fourth-order valence-electron chi connectivity index (χ4n) is 1.84. The van der Waals surface area contributed by atoms with Crippen LogP contribution in [0.25, 0.3) is 0 Å². The average molecular weight is 256 g/mol. The Morgan fingerprint density at radius 2 is 1.68 bits per heavy atom. The molecule has 2 aromatic carbocycles. The highest BCUT2D eigenvalue weighted by molar-refractivity contribution is 5.42. The molecule has 100 valence electrons. The van der Waals surface area contributed by atoms with Crippen molar-refractivity contribution in [3.63, 3.8) is 0 Å². The predicted octanol–water partition coefficient (Wildman–Crippen LogP) is 2.68. The van der Waals surface area contributed by atoms with Crippen LogP contribution in [0.1, 0.15) is 5.56 Å². The van der Waals surface area contributed by atoms with Crippen molar-refractivity contribution in [1.29, 1.82) is 0 Å². The second-order valence-electron chi connectivity index (χ2n) is 4.32. The van der Waals surface area contributed by atoms with E-state index >= 15 is 0 Å². The molecule has 0 fully saturated rings. The molecule has 0 amide bonds. The minimum absolute atomic E-state index is 0.544. The number of ether oxygens (including phenoxy) is 1. The Kier molecular flexibility index (Phi) is 5.26. The Hall–Kier alpha value is -2.00. The van der Waals surface area contributed by atoms with Gasteiger partial charge in [0.15, 0.2) is 0 Å². The highest BCUT2D eigenvalue weighted by Crippen LogP contribution is 2.13. The molecular formula is C16H20N2O. The van der Waals surface area contributed by atoms with E-state index in [-0.39, 0.29) is 0 Å². The van der Waals surface area contributed by atoms with E-state index in [1.807, 2.05) is 30.3 Å². The monoisotopic (exact) mass is 256 g/mol. The van der Waals surface area contributed by atoms with Crippen LogP contribution in [0.3, 0.4) is 0 Å². The highest BCUT2D eigenvalue weighted by atomic mass is 16.5. The molecule has 0 aliphatic rings. The van der Waals surface area contributed by atoms with Crippen LogP contribution in [0.15, 0.2) is 54.6 Å². The summed E-state index contributed by atoms with van der Waals surface area (Å²) in [5.41, 5.74) is 7.85. The first kappa shape index (κ1) is 13.4. The second kappa shape index (κ2) is 7.44. The number of nitrogens with one attached hydrogen (secondary N) is 1. The van der Waals surface area contributed by atoms with Gasteiger partial charge in [-0.3, -0.25) is 0 Å². The quantitative estimate of drug-likeness (QED) is 0.800. The fourth-order valence-corrected chi connectivity index (χ4v) is 1.84. The van der Waals surface area contributed by atoms with Crippen molar-refractivity contribution >= 4 is 5.69 Å².